The van der Waals surface area contributed by atoms with Crippen LogP contribution in [0.1, 0.15) is 0 Å². The van der Waals surface area contributed by atoms with Gasteiger partial charge in [0.1, 0.15) is 5.75 Å². The van der Waals surface area contributed by atoms with Crippen LogP contribution in [0, 0.1) is 0 Å². The van der Waals surface area contributed by atoms with Gasteiger partial charge in [-0.25, -0.2) is 8.42 Å². The summed E-state index contributed by atoms with van der Waals surface area (Å²) < 4.78 is 60.9. The molecule has 0 aliphatic carbocycles. The molecular formula is C7H6F3N2O3S. The van der Waals surface area contributed by atoms with Crippen LogP contribution in [0.25, 0.3) is 0 Å². The minimum atomic E-state index is -4.83. The molecule has 1 rings (SSSR count). The fourth-order valence-corrected chi connectivity index (χ4v) is 1.49. The van der Waals surface area contributed by atoms with Gasteiger partial charge < -0.3 is 4.74 Å². The molecule has 89 valence electrons. The minimum absolute atomic E-state index is 0.322. The zero-order chi connectivity index (χ0) is 12.4. The summed E-state index contributed by atoms with van der Waals surface area (Å²) in [4.78, 5) is 0.962. The van der Waals surface area contributed by atoms with Gasteiger partial charge in [-0.05, 0) is 24.3 Å². The van der Waals surface area contributed by atoms with Gasteiger partial charge >= 0.3 is 6.36 Å². The molecule has 0 heterocycles. The van der Waals surface area contributed by atoms with Crippen LogP contribution in [0.4, 0.5) is 13.2 Å². The Morgan fingerprint density at radius 2 is 1.69 bits per heavy atom. The maximum Gasteiger partial charge on any atom is 0.573 e. The Morgan fingerprint density at radius 3 is 2.06 bits per heavy atom. The molecule has 0 aliphatic rings. The average Bonchev–Trinajstić information content (AvgIpc) is 2.16. The minimum Gasteiger partial charge on any atom is -0.406 e. The molecule has 0 spiro atoms. The molecular weight excluding hydrogens is 249 g/mol. The Hall–Kier alpha value is -1.32. The van der Waals surface area contributed by atoms with Crippen molar-refractivity contribution in [3.8, 4) is 5.75 Å². The van der Waals surface area contributed by atoms with Crippen LogP contribution < -0.4 is 15.4 Å². The summed E-state index contributed by atoms with van der Waals surface area (Å²) in [5.74, 6) is 5.96. The average molecular weight is 255 g/mol. The summed E-state index contributed by atoms with van der Waals surface area (Å²) >= 11 is 0. The number of ether oxygens (including phenoxy) is 1. The normalized spacial score (nSPS) is 12.5. The number of hydrogen-bond acceptors (Lipinski definition) is 3. The first-order valence-corrected chi connectivity index (χ1v) is 5.27. The predicted octanol–water partition coefficient (Wildman–Crippen LogP) is 1.06. The molecule has 1 aromatic rings. The van der Waals surface area contributed by atoms with E-state index in [0.29, 0.717) is 0 Å². The van der Waals surface area contributed by atoms with Gasteiger partial charge in [-0.3, -0.25) is 0 Å². The lowest BCUT2D eigenvalue weighted by molar-refractivity contribution is -0.274. The van der Waals surface area contributed by atoms with Gasteiger partial charge in [0.15, 0.2) is 0 Å². The van der Waals surface area contributed by atoms with Crippen molar-refractivity contribution in [1.29, 1.82) is 0 Å². The zero-order valence-corrected chi connectivity index (χ0v) is 8.39. The van der Waals surface area contributed by atoms with E-state index in [-0.39, 0.29) is 4.90 Å². The first-order chi connectivity index (χ1) is 7.24. The Morgan fingerprint density at radius 1 is 1.19 bits per heavy atom. The zero-order valence-electron chi connectivity index (χ0n) is 7.58. The maximum absolute atomic E-state index is 11.8. The van der Waals surface area contributed by atoms with E-state index in [4.69, 9.17) is 5.84 Å². The topological polar surface area (TPSA) is 79.2 Å². The lowest BCUT2D eigenvalue weighted by atomic mass is 10.3. The molecule has 0 aromatic heterocycles. The smallest absolute Gasteiger partial charge is 0.406 e. The fourth-order valence-electron chi connectivity index (χ4n) is 0.879. The van der Waals surface area contributed by atoms with Crippen molar-refractivity contribution in [2.24, 2.45) is 0 Å². The van der Waals surface area contributed by atoms with Crippen LogP contribution in [-0.2, 0) is 10.0 Å². The quantitative estimate of drug-likeness (QED) is 0.820. The second-order valence-electron chi connectivity index (χ2n) is 2.62. The number of halogens is 3. The highest BCUT2D eigenvalue weighted by molar-refractivity contribution is 7.89. The summed E-state index contributed by atoms with van der Waals surface area (Å²) in [5, 5.41) is 0. The summed E-state index contributed by atoms with van der Waals surface area (Å²) in [5.41, 5.74) is 0. The highest BCUT2D eigenvalue weighted by atomic mass is 32.2. The van der Waals surface area contributed by atoms with Crippen LogP contribution >= 0.6 is 0 Å². The van der Waals surface area contributed by atoms with E-state index in [1.54, 1.807) is 0 Å². The van der Waals surface area contributed by atoms with Crippen molar-refractivity contribution in [3.05, 3.63) is 24.3 Å². The molecule has 0 fully saturated rings. The third kappa shape index (κ3) is 3.36. The molecule has 16 heavy (non-hydrogen) atoms. The number of alkyl halides is 3. The Kier molecular flexibility index (Phi) is 3.41. The van der Waals surface area contributed by atoms with Gasteiger partial charge in [0, 0.05) is 0 Å². The second kappa shape index (κ2) is 4.28. The van der Waals surface area contributed by atoms with Crippen molar-refractivity contribution in [2.75, 3.05) is 0 Å². The molecule has 0 amide bonds. The van der Waals surface area contributed by atoms with Crippen molar-refractivity contribution in [2.45, 2.75) is 11.3 Å². The summed E-state index contributed by atoms with van der Waals surface area (Å²) in [7, 11) is -3.98. The van der Waals surface area contributed by atoms with E-state index >= 15 is 0 Å². The second-order valence-corrected chi connectivity index (χ2v) is 4.31. The molecule has 0 atom stereocenters. The van der Waals surface area contributed by atoms with E-state index in [9.17, 15) is 21.6 Å². The first kappa shape index (κ1) is 12.7. The summed E-state index contributed by atoms with van der Waals surface area (Å²) in [6.07, 6.45) is -4.83. The van der Waals surface area contributed by atoms with E-state index in [1.165, 1.54) is 4.83 Å². The molecule has 0 saturated heterocycles. The van der Waals surface area contributed by atoms with Crippen molar-refractivity contribution < 1.29 is 26.3 Å². The van der Waals surface area contributed by atoms with Crippen molar-refractivity contribution in [1.82, 2.24) is 10.7 Å². The molecule has 0 saturated carbocycles. The van der Waals surface area contributed by atoms with Gasteiger partial charge in [-0.1, -0.05) is 0 Å². The number of benzene rings is 1. The van der Waals surface area contributed by atoms with Crippen LogP contribution in [0.2, 0.25) is 0 Å². The van der Waals surface area contributed by atoms with E-state index < -0.39 is 22.1 Å². The Balaban J connectivity index is 2.93. The molecule has 1 aromatic carbocycles. The predicted molar refractivity (Wildman–Crippen MR) is 46.5 cm³/mol. The van der Waals surface area contributed by atoms with Crippen molar-refractivity contribution in [3.63, 3.8) is 0 Å². The Bertz CT molecular complexity index is 455. The van der Waals surface area contributed by atoms with Crippen molar-refractivity contribution >= 4 is 10.0 Å². The Labute approximate surface area is 89.0 Å². The first-order valence-electron chi connectivity index (χ1n) is 3.79. The van der Waals surface area contributed by atoms with E-state index in [0.717, 1.165) is 24.3 Å². The van der Waals surface area contributed by atoms with Crippen LogP contribution in [0.3, 0.4) is 0 Å². The standard InChI is InChI=1S/C7H6F3N2O3S/c8-7(9,10)15-5-1-3-6(4-2-5)16(13,14)12-11/h1-4,11-12H. The molecule has 1 radical (unpaired) electrons. The SMILES string of the molecule is [NH]NS(=O)(=O)c1ccc(OC(F)(F)F)cc1. The summed E-state index contributed by atoms with van der Waals surface area (Å²) in [6, 6.07) is 3.49. The van der Waals surface area contributed by atoms with Gasteiger partial charge in [-0.2, -0.15) is 5.84 Å². The molecule has 0 bridgehead atoms. The molecule has 2 N–H and O–H groups in total. The molecule has 0 aliphatic heterocycles. The van der Waals surface area contributed by atoms with Gasteiger partial charge in [0.05, 0.1) is 4.90 Å². The number of hydrogen-bond donors (Lipinski definition) is 1. The van der Waals surface area contributed by atoms with E-state index in [1.807, 2.05) is 0 Å². The van der Waals surface area contributed by atoms with Crippen LogP contribution in [0.5, 0.6) is 5.75 Å². The third-order valence-electron chi connectivity index (χ3n) is 1.50. The van der Waals surface area contributed by atoms with Crippen LogP contribution in [0.15, 0.2) is 29.2 Å². The molecule has 5 nitrogen and oxygen atoms in total. The monoisotopic (exact) mass is 255 g/mol. The molecule has 0 unspecified atom stereocenters. The fraction of sp³-hybridized carbons (Fsp3) is 0.143. The van der Waals surface area contributed by atoms with Gasteiger partial charge in [0.25, 0.3) is 10.0 Å². The van der Waals surface area contributed by atoms with Gasteiger partial charge in [0.2, 0.25) is 0 Å². The third-order valence-corrected chi connectivity index (χ3v) is 2.66. The number of rotatable bonds is 3. The lowest BCUT2D eigenvalue weighted by Gasteiger charge is -2.08. The number of sulfonamides is 1. The highest BCUT2D eigenvalue weighted by Gasteiger charge is 2.31. The maximum atomic E-state index is 11.8. The van der Waals surface area contributed by atoms with Crippen LogP contribution in [-0.4, -0.2) is 14.8 Å². The highest BCUT2D eigenvalue weighted by Crippen LogP contribution is 2.23. The number of nitrogens with one attached hydrogen (secondary N) is 2. The van der Waals surface area contributed by atoms with Gasteiger partial charge in [-0.15, -0.1) is 18.0 Å². The summed E-state index contributed by atoms with van der Waals surface area (Å²) in [6.45, 7) is 0. The largest absolute Gasteiger partial charge is 0.573 e. The lowest BCUT2D eigenvalue weighted by Crippen LogP contribution is -2.21. The molecule has 9 heteroatoms. The van der Waals surface area contributed by atoms with E-state index in [2.05, 4.69) is 4.74 Å².